The van der Waals surface area contributed by atoms with Crippen molar-refractivity contribution in [3.05, 3.63) is 24.3 Å². The van der Waals surface area contributed by atoms with Crippen LogP contribution >= 0.6 is 0 Å². The summed E-state index contributed by atoms with van der Waals surface area (Å²) in [4.78, 5) is 12.8. The van der Waals surface area contributed by atoms with Crippen LogP contribution in [0.15, 0.2) is 24.3 Å². The zero-order valence-corrected chi connectivity index (χ0v) is 40.4. The van der Waals surface area contributed by atoms with Gasteiger partial charge in [0.2, 0.25) is 0 Å². The first kappa shape index (κ1) is 58.7. The summed E-state index contributed by atoms with van der Waals surface area (Å²) in [5, 5.41) is 40.2. The molecule has 0 aliphatic carbocycles. The van der Waals surface area contributed by atoms with Crippen LogP contribution in [0.25, 0.3) is 0 Å². The minimum Gasteiger partial charge on any atom is -0.457 e. The van der Waals surface area contributed by atoms with Gasteiger partial charge in [-0.2, -0.15) is 0 Å². The molecule has 9 nitrogen and oxygen atoms in total. The molecule has 0 spiro atoms. The van der Waals surface area contributed by atoms with E-state index in [4.69, 9.17) is 18.9 Å². The lowest BCUT2D eigenvalue weighted by Gasteiger charge is -2.39. The number of hydrogen-bond donors (Lipinski definition) is 4. The van der Waals surface area contributed by atoms with Crippen LogP contribution in [0.3, 0.4) is 0 Å². The molecule has 0 aromatic rings. The Kier molecular flexibility index (Phi) is 42.5. The molecule has 0 amide bonds. The van der Waals surface area contributed by atoms with Gasteiger partial charge in [0.05, 0.1) is 19.8 Å². The largest absolute Gasteiger partial charge is 0.457 e. The van der Waals surface area contributed by atoms with Gasteiger partial charge >= 0.3 is 5.97 Å². The molecule has 0 bridgehead atoms. The van der Waals surface area contributed by atoms with Crippen LogP contribution in [0.1, 0.15) is 245 Å². The van der Waals surface area contributed by atoms with Crippen molar-refractivity contribution in [1.82, 2.24) is 0 Å². The quantitative estimate of drug-likeness (QED) is 0.0268. The molecule has 1 rings (SSSR count). The van der Waals surface area contributed by atoms with Gasteiger partial charge < -0.3 is 39.4 Å². The number of unbranched alkanes of at least 4 members (excludes halogenated alkanes) is 31. The summed E-state index contributed by atoms with van der Waals surface area (Å²) in [5.41, 5.74) is 0. The Hall–Kier alpha value is -1.33. The average Bonchev–Trinajstić information content (AvgIpc) is 3.27. The Labute approximate surface area is 381 Å². The molecule has 6 unspecified atom stereocenters. The summed E-state index contributed by atoms with van der Waals surface area (Å²) < 4.78 is 22.9. The molecule has 4 N–H and O–H groups in total. The van der Waals surface area contributed by atoms with Crippen molar-refractivity contribution in [2.45, 2.75) is 282 Å². The highest BCUT2D eigenvalue weighted by atomic mass is 16.7. The molecular formula is C53H100O9. The van der Waals surface area contributed by atoms with Gasteiger partial charge in [0.15, 0.2) is 6.29 Å². The second-order valence-electron chi connectivity index (χ2n) is 18.3. The van der Waals surface area contributed by atoms with E-state index >= 15 is 0 Å². The number of aliphatic hydroxyl groups is 4. The van der Waals surface area contributed by atoms with Crippen molar-refractivity contribution in [2.24, 2.45) is 0 Å². The first-order chi connectivity index (χ1) is 30.4. The van der Waals surface area contributed by atoms with Crippen LogP contribution in [0.5, 0.6) is 0 Å². The molecule has 0 saturated carbocycles. The van der Waals surface area contributed by atoms with E-state index in [0.717, 1.165) is 32.1 Å². The van der Waals surface area contributed by atoms with Gasteiger partial charge in [-0.05, 0) is 64.2 Å². The van der Waals surface area contributed by atoms with E-state index in [-0.39, 0.29) is 19.2 Å². The number of carbonyl (C=O) groups is 1. The predicted molar refractivity (Wildman–Crippen MR) is 256 cm³/mol. The van der Waals surface area contributed by atoms with Gasteiger partial charge in [0.1, 0.15) is 30.5 Å². The third-order valence-corrected chi connectivity index (χ3v) is 12.3. The number of aliphatic hydroxyl groups excluding tert-OH is 4. The van der Waals surface area contributed by atoms with Crippen molar-refractivity contribution in [2.75, 3.05) is 26.4 Å². The molecular weight excluding hydrogens is 781 g/mol. The Balaban J connectivity index is 2.15. The van der Waals surface area contributed by atoms with Crippen molar-refractivity contribution < 1.29 is 44.2 Å². The van der Waals surface area contributed by atoms with Crippen molar-refractivity contribution in [3.63, 3.8) is 0 Å². The van der Waals surface area contributed by atoms with Gasteiger partial charge in [0, 0.05) is 13.0 Å². The maximum atomic E-state index is 12.8. The van der Waals surface area contributed by atoms with E-state index in [1.165, 1.54) is 193 Å². The highest BCUT2D eigenvalue weighted by Gasteiger charge is 2.44. The van der Waals surface area contributed by atoms with E-state index in [1.807, 2.05) is 0 Å². The lowest BCUT2D eigenvalue weighted by Crippen LogP contribution is -2.59. The Morgan fingerprint density at radius 1 is 0.500 bits per heavy atom. The van der Waals surface area contributed by atoms with E-state index in [1.54, 1.807) is 0 Å². The second kappa shape index (κ2) is 44.9. The standard InChI is InChI=1S/C53H100O9/c1-3-5-7-9-11-13-15-17-19-20-21-22-23-24-25-26-27-28-29-30-32-34-36-38-40-42-49(55)61-47(46-60-53-52(58)51(57)50(56)48(44-54)62-53)45-59-43-41-39-37-35-33-31-18-16-14-12-10-8-6-4-2/h14,16,20-21,47-48,50-54,56-58H,3-13,15,17-19,22-46H2,1-2H3/b16-14-,21-20-. The highest BCUT2D eigenvalue weighted by Crippen LogP contribution is 2.23. The number of ether oxygens (including phenoxy) is 4. The minimum absolute atomic E-state index is 0.112. The monoisotopic (exact) mass is 881 g/mol. The number of allylic oxidation sites excluding steroid dienone is 4. The molecule has 1 heterocycles. The van der Waals surface area contributed by atoms with Gasteiger partial charge in [-0.1, -0.05) is 199 Å². The van der Waals surface area contributed by atoms with Crippen LogP contribution in [0, 0.1) is 0 Å². The topological polar surface area (TPSA) is 135 Å². The van der Waals surface area contributed by atoms with E-state index in [9.17, 15) is 25.2 Å². The first-order valence-electron chi connectivity index (χ1n) is 26.4. The highest BCUT2D eigenvalue weighted by molar-refractivity contribution is 5.69. The van der Waals surface area contributed by atoms with Crippen molar-refractivity contribution >= 4 is 5.97 Å². The molecule has 6 atom stereocenters. The fourth-order valence-corrected chi connectivity index (χ4v) is 8.19. The fourth-order valence-electron chi connectivity index (χ4n) is 8.19. The third-order valence-electron chi connectivity index (χ3n) is 12.3. The molecule has 0 aromatic heterocycles. The zero-order valence-electron chi connectivity index (χ0n) is 40.4. The smallest absolute Gasteiger partial charge is 0.306 e. The van der Waals surface area contributed by atoms with Gasteiger partial charge in [-0.15, -0.1) is 0 Å². The van der Waals surface area contributed by atoms with Crippen LogP contribution in [-0.2, 0) is 23.7 Å². The maximum absolute atomic E-state index is 12.8. The maximum Gasteiger partial charge on any atom is 0.306 e. The number of hydrogen-bond acceptors (Lipinski definition) is 9. The zero-order chi connectivity index (χ0) is 45.0. The molecule has 1 aliphatic rings. The van der Waals surface area contributed by atoms with Crippen LogP contribution in [0.4, 0.5) is 0 Å². The second-order valence-corrected chi connectivity index (χ2v) is 18.3. The number of esters is 1. The summed E-state index contributed by atoms with van der Waals surface area (Å²) in [6, 6.07) is 0. The lowest BCUT2D eigenvalue weighted by molar-refractivity contribution is -0.305. The summed E-state index contributed by atoms with van der Waals surface area (Å²) in [6.07, 6.45) is 46.5. The molecule has 366 valence electrons. The van der Waals surface area contributed by atoms with Gasteiger partial charge in [-0.3, -0.25) is 4.79 Å². The third kappa shape index (κ3) is 35.0. The molecule has 9 heteroatoms. The number of rotatable bonds is 46. The fraction of sp³-hybridized carbons (Fsp3) is 0.906. The van der Waals surface area contributed by atoms with Crippen molar-refractivity contribution in [3.8, 4) is 0 Å². The Bertz CT molecular complexity index is 1000. The molecule has 1 saturated heterocycles. The SMILES string of the molecule is CCCCCC/C=C\CCCCCCCCOCC(COC1OC(CO)C(O)C(O)C1O)OC(=O)CCCCCCCCCCCCCCC/C=C\CCCCCCCCCC. The normalized spacial score (nSPS) is 19.9. The molecule has 0 aromatic carbocycles. The Morgan fingerprint density at radius 3 is 1.32 bits per heavy atom. The van der Waals surface area contributed by atoms with E-state index in [0.29, 0.717) is 13.0 Å². The lowest BCUT2D eigenvalue weighted by atomic mass is 9.99. The first-order valence-corrected chi connectivity index (χ1v) is 26.4. The minimum atomic E-state index is -1.54. The average molecular weight is 881 g/mol. The number of carbonyl (C=O) groups excluding carboxylic acids is 1. The molecule has 1 aliphatic heterocycles. The summed E-state index contributed by atoms with van der Waals surface area (Å²) >= 11 is 0. The van der Waals surface area contributed by atoms with Gasteiger partial charge in [-0.25, -0.2) is 0 Å². The predicted octanol–water partition coefficient (Wildman–Crippen LogP) is 12.9. The Morgan fingerprint density at radius 2 is 0.887 bits per heavy atom. The van der Waals surface area contributed by atoms with Crippen LogP contribution in [0.2, 0.25) is 0 Å². The van der Waals surface area contributed by atoms with Crippen molar-refractivity contribution in [1.29, 1.82) is 0 Å². The van der Waals surface area contributed by atoms with Gasteiger partial charge in [0.25, 0.3) is 0 Å². The summed E-state index contributed by atoms with van der Waals surface area (Å²) in [5.74, 6) is -0.312. The van der Waals surface area contributed by atoms with Crippen LogP contribution in [-0.4, -0.2) is 89.6 Å². The van der Waals surface area contributed by atoms with E-state index in [2.05, 4.69) is 38.2 Å². The molecule has 0 radical (unpaired) electrons. The molecule has 62 heavy (non-hydrogen) atoms. The van der Waals surface area contributed by atoms with Crippen LogP contribution < -0.4 is 0 Å². The summed E-state index contributed by atoms with van der Waals surface area (Å²) in [7, 11) is 0. The van der Waals surface area contributed by atoms with E-state index < -0.39 is 43.4 Å². The molecule has 1 fully saturated rings. The summed E-state index contributed by atoms with van der Waals surface area (Å²) in [6.45, 7) is 4.57.